The number of aromatic nitrogens is 1. The summed E-state index contributed by atoms with van der Waals surface area (Å²) < 4.78 is 0. The van der Waals surface area contributed by atoms with Crippen molar-refractivity contribution in [1.29, 1.82) is 5.26 Å². The van der Waals surface area contributed by atoms with Crippen molar-refractivity contribution in [3.8, 4) is 6.19 Å². The number of amides is 2. The number of aliphatic imine (C=N–C) groups is 1. The number of likely N-dealkylation sites (tertiary alicyclic amines) is 2. The van der Waals surface area contributed by atoms with Crippen LogP contribution < -0.4 is 10.6 Å². The number of hydrogen-bond donors (Lipinski definition) is 2. The molecule has 3 heterocycles. The highest BCUT2D eigenvalue weighted by Crippen LogP contribution is 2.17. The lowest BCUT2D eigenvalue weighted by atomic mass is 10.1. The van der Waals surface area contributed by atoms with E-state index in [0.29, 0.717) is 18.7 Å². The predicted molar refractivity (Wildman–Crippen MR) is 104 cm³/mol. The first-order chi connectivity index (χ1) is 13.7. The van der Waals surface area contributed by atoms with E-state index in [4.69, 9.17) is 5.26 Å². The summed E-state index contributed by atoms with van der Waals surface area (Å²) in [5.41, 5.74) is 0.658. The number of hydrogen-bond acceptors (Lipinski definition) is 5. The Hall–Kier alpha value is -3.15. The first kappa shape index (κ1) is 19.6. The summed E-state index contributed by atoms with van der Waals surface area (Å²) in [6.45, 7) is 2.20. The van der Waals surface area contributed by atoms with Gasteiger partial charge in [-0.05, 0) is 44.2 Å². The Morgan fingerprint density at radius 3 is 2.79 bits per heavy atom. The summed E-state index contributed by atoms with van der Waals surface area (Å²) in [6.07, 6.45) is 9.38. The Bertz CT molecular complexity index is 753. The molecule has 2 amide bonds. The molecule has 9 nitrogen and oxygen atoms in total. The molecule has 28 heavy (non-hydrogen) atoms. The molecular weight excluding hydrogens is 358 g/mol. The van der Waals surface area contributed by atoms with E-state index >= 15 is 0 Å². The number of guanidine groups is 1. The summed E-state index contributed by atoms with van der Waals surface area (Å²) in [6, 6.07) is 2.92. The molecule has 0 aliphatic carbocycles. The number of carbonyl (C=O) groups is 2. The molecule has 0 saturated carbocycles. The molecule has 2 saturated heterocycles. The summed E-state index contributed by atoms with van der Waals surface area (Å²) in [5.74, 6) is 0.0242. The molecule has 0 spiro atoms. The Morgan fingerprint density at radius 2 is 2.07 bits per heavy atom. The molecule has 1 atom stereocenters. The van der Waals surface area contributed by atoms with Gasteiger partial charge in [0.25, 0.3) is 0 Å². The zero-order valence-corrected chi connectivity index (χ0v) is 15.8. The molecular formula is C19H25N7O2. The Balaban J connectivity index is 1.70. The van der Waals surface area contributed by atoms with Gasteiger partial charge in [-0.2, -0.15) is 5.26 Å². The van der Waals surface area contributed by atoms with Crippen molar-refractivity contribution in [1.82, 2.24) is 20.1 Å². The van der Waals surface area contributed by atoms with Gasteiger partial charge in [-0.1, -0.05) is 0 Å². The smallest absolute Gasteiger partial charge is 0.247 e. The second-order valence-electron chi connectivity index (χ2n) is 6.94. The van der Waals surface area contributed by atoms with Gasteiger partial charge in [-0.3, -0.25) is 19.9 Å². The van der Waals surface area contributed by atoms with E-state index in [0.717, 1.165) is 38.8 Å². The topological polar surface area (TPSA) is 114 Å². The lowest BCUT2D eigenvalue weighted by molar-refractivity contribution is -0.140. The molecule has 0 radical (unpaired) electrons. The van der Waals surface area contributed by atoms with E-state index in [1.807, 2.05) is 11.1 Å². The third kappa shape index (κ3) is 5.19. The van der Waals surface area contributed by atoms with Gasteiger partial charge in [-0.25, -0.2) is 4.99 Å². The van der Waals surface area contributed by atoms with Crippen LogP contribution in [0.3, 0.4) is 0 Å². The quantitative estimate of drug-likeness (QED) is 0.346. The number of nitrogens with one attached hydrogen (secondary N) is 2. The lowest BCUT2D eigenvalue weighted by Gasteiger charge is -2.25. The maximum atomic E-state index is 13.0. The van der Waals surface area contributed by atoms with Crippen LogP contribution in [0.5, 0.6) is 0 Å². The third-order valence-electron chi connectivity index (χ3n) is 4.92. The molecule has 2 N–H and O–H groups in total. The largest absolute Gasteiger partial charge is 0.341 e. The van der Waals surface area contributed by atoms with Gasteiger partial charge in [0.2, 0.25) is 17.8 Å². The van der Waals surface area contributed by atoms with Crippen molar-refractivity contribution in [3.05, 3.63) is 24.5 Å². The minimum absolute atomic E-state index is 0.000613. The van der Waals surface area contributed by atoms with Crippen molar-refractivity contribution in [2.75, 3.05) is 31.5 Å². The van der Waals surface area contributed by atoms with Crippen molar-refractivity contribution in [3.63, 3.8) is 0 Å². The van der Waals surface area contributed by atoms with Gasteiger partial charge in [0.05, 0.1) is 18.4 Å². The highest BCUT2D eigenvalue weighted by Gasteiger charge is 2.30. The van der Waals surface area contributed by atoms with E-state index in [1.165, 1.54) is 0 Å². The van der Waals surface area contributed by atoms with Gasteiger partial charge in [0.15, 0.2) is 6.19 Å². The number of nitriles is 1. The number of carbonyl (C=O) groups excluding carboxylic acids is 2. The highest BCUT2D eigenvalue weighted by atomic mass is 16.2. The van der Waals surface area contributed by atoms with E-state index in [9.17, 15) is 9.59 Å². The maximum Gasteiger partial charge on any atom is 0.247 e. The first-order valence-corrected chi connectivity index (χ1v) is 9.64. The average Bonchev–Trinajstić information content (AvgIpc) is 3.19. The van der Waals surface area contributed by atoms with E-state index in [1.54, 1.807) is 29.4 Å². The molecule has 1 unspecified atom stereocenters. The fourth-order valence-electron chi connectivity index (χ4n) is 3.47. The zero-order valence-electron chi connectivity index (χ0n) is 15.8. The summed E-state index contributed by atoms with van der Waals surface area (Å²) >= 11 is 0. The molecule has 0 aromatic carbocycles. The fraction of sp³-hybridized carbons (Fsp3) is 0.526. The summed E-state index contributed by atoms with van der Waals surface area (Å²) in [7, 11) is 0. The van der Waals surface area contributed by atoms with Gasteiger partial charge in [0.1, 0.15) is 6.04 Å². The normalized spacial score (nSPS) is 20.5. The lowest BCUT2D eigenvalue weighted by Crippen LogP contribution is -2.45. The second-order valence-corrected chi connectivity index (χ2v) is 6.94. The van der Waals surface area contributed by atoms with Crippen LogP contribution in [0.1, 0.15) is 32.1 Å². The van der Waals surface area contributed by atoms with Gasteiger partial charge in [-0.15, -0.1) is 0 Å². The predicted octanol–water partition coefficient (Wildman–Crippen LogP) is 0.924. The molecule has 148 valence electrons. The molecule has 9 heteroatoms. The molecule has 0 bridgehead atoms. The van der Waals surface area contributed by atoms with E-state index in [-0.39, 0.29) is 24.3 Å². The number of pyridine rings is 1. The summed E-state index contributed by atoms with van der Waals surface area (Å²) in [4.78, 5) is 37.3. The van der Waals surface area contributed by atoms with Crippen molar-refractivity contribution in [2.45, 2.75) is 38.1 Å². The van der Waals surface area contributed by atoms with Crippen LogP contribution in [0, 0.1) is 11.5 Å². The highest BCUT2D eigenvalue weighted by molar-refractivity contribution is 5.97. The summed E-state index contributed by atoms with van der Waals surface area (Å²) in [5, 5.41) is 14.5. The minimum atomic E-state index is -0.631. The number of nitrogens with zero attached hydrogens (tertiary/aromatic N) is 5. The standard InChI is InChI=1S/C19H25N7O2/c20-14-22-19(23-15-6-5-8-21-12-15)24-16-7-1-2-11-26(18(16)28)13-17(27)25-9-3-4-10-25/h5-6,8,12,16H,1-4,7,9-11,13H2,(H2,22,23,24). The average molecular weight is 383 g/mol. The number of rotatable bonds is 4. The minimum Gasteiger partial charge on any atom is -0.341 e. The second kappa shape index (κ2) is 9.69. The van der Waals surface area contributed by atoms with Crippen molar-refractivity contribution < 1.29 is 9.59 Å². The Labute approximate surface area is 164 Å². The van der Waals surface area contributed by atoms with Crippen molar-refractivity contribution >= 4 is 23.5 Å². The van der Waals surface area contributed by atoms with Gasteiger partial charge >= 0.3 is 0 Å². The van der Waals surface area contributed by atoms with Crippen molar-refractivity contribution in [2.24, 2.45) is 4.99 Å². The van der Waals surface area contributed by atoms with Crippen LogP contribution in [0.4, 0.5) is 5.69 Å². The molecule has 2 fully saturated rings. The van der Waals surface area contributed by atoms with Gasteiger partial charge < -0.3 is 15.1 Å². The Morgan fingerprint density at radius 1 is 1.29 bits per heavy atom. The van der Waals surface area contributed by atoms with Crippen LogP contribution in [0.2, 0.25) is 0 Å². The molecule has 2 aliphatic heterocycles. The van der Waals surface area contributed by atoms with Crippen LogP contribution in [0.25, 0.3) is 0 Å². The molecule has 1 aromatic rings. The zero-order chi connectivity index (χ0) is 19.8. The number of anilines is 1. The fourth-order valence-corrected chi connectivity index (χ4v) is 3.47. The van der Waals surface area contributed by atoms with Gasteiger partial charge in [0, 0.05) is 25.8 Å². The monoisotopic (exact) mass is 383 g/mol. The van der Waals surface area contributed by atoms with E-state index in [2.05, 4.69) is 20.6 Å². The van der Waals surface area contributed by atoms with Crippen LogP contribution in [0.15, 0.2) is 29.5 Å². The van der Waals surface area contributed by atoms with Crippen LogP contribution in [-0.4, -0.2) is 64.8 Å². The van der Waals surface area contributed by atoms with E-state index < -0.39 is 6.04 Å². The SMILES string of the molecule is N#CNC(=NC1CCCCN(CC(=O)N2CCCC2)C1=O)Nc1cccnc1. The molecule has 3 rings (SSSR count). The first-order valence-electron chi connectivity index (χ1n) is 9.64. The van der Waals surface area contributed by atoms with Crippen LogP contribution in [-0.2, 0) is 9.59 Å². The Kier molecular flexibility index (Phi) is 6.78. The molecule has 2 aliphatic rings. The maximum absolute atomic E-state index is 13.0. The molecule has 1 aromatic heterocycles. The third-order valence-corrected chi connectivity index (χ3v) is 4.92. The van der Waals surface area contributed by atoms with Crippen LogP contribution >= 0.6 is 0 Å².